The van der Waals surface area contributed by atoms with Crippen molar-refractivity contribution in [3.05, 3.63) is 0 Å². The maximum absolute atomic E-state index is 10.00. The number of hydrogen-bond acceptors (Lipinski definition) is 2. The van der Waals surface area contributed by atoms with Gasteiger partial charge < -0.3 is 10.8 Å². The van der Waals surface area contributed by atoms with Gasteiger partial charge >= 0.3 is 5.97 Å². The fourth-order valence-electron chi connectivity index (χ4n) is 0. The van der Waals surface area contributed by atoms with Crippen molar-refractivity contribution >= 4 is 5.97 Å². The Kier molecular flexibility index (Phi) is 0.442. The van der Waals surface area contributed by atoms with Gasteiger partial charge in [0.1, 0.15) is 6.02 Å². The van der Waals surface area contributed by atoms with Gasteiger partial charge in [-0.2, -0.15) is 0 Å². The number of carboxylic acids is 1. The van der Waals surface area contributed by atoms with Crippen LogP contribution in [-0.4, -0.2) is 17.1 Å². The lowest BCUT2D eigenvalue weighted by Crippen LogP contribution is -2.25. The minimum absolute atomic E-state index is 1.85. The summed E-state index contributed by atoms with van der Waals surface area (Å²) in [4.78, 5) is 10.00. The van der Waals surface area contributed by atoms with Crippen LogP contribution in [0, 0.1) is 0 Å². The first-order valence-electron chi connectivity index (χ1n) is 3.22. The van der Waals surface area contributed by atoms with E-state index < -0.39 is 18.8 Å². The third-order valence-corrected chi connectivity index (χ3v) is 0.230. The molecule has 0 aromatic heterocycles. The maximum atomic E-state index is 10.00. The Hall–Kier alpha value is -0.570. The quantitative estimate of drug-likeness (QED) is 0.429. The van der Waals surface area contributed by atoms with Gasteiger partial charge in [-0.1, -0.05) is 0 Å². The minimum atomic E-state index is -2.99. The predicted molar refractivity (Wildman–Crippen MR) is 21.3 cm³/mol. The monoisotopic (exact) mass is 96.1 g/mol. The zero-order chi connectivity index (χ0) is 8.58. The molecule has 0 saturated carbocycles. The van der Waals surface area contributed by atoms with E-state index in [-0.39, 0.29) is 0 Å². The van der Waals surface area contributed by atoms with E-state index in [9.17, 15) is 4.79 Å². The number of aliphatic carboxylic acids is 1. The van der Waals surface area contributed by atoms with E-state index in [0.29, 0.717) is 0 Å². The first-order valence-corrected chi connectivity index (χ1v) is 1.22. The van der Waals surface area contributed by atoms with Gasteiger partial charge in [0.25, 0.3) is 0 Å². The molecule has 36 valence electrons. The number of carbonyl (C=O) groups is 1. The summed E-state index contributed by atoms with van der Waals surface area (Å²) in [7, 11) is 0. The Bertz CT molecular complexity index is 151. The summed E-state index contributed by atoms with van der Waals surface area (Å²) in [5.41, 5.74) is 4.64. The molecular formula is C3H7NO2. The molecule has 0 spiro atoms. The summed E-state index contributed by atoms with van der Waals surface area (Å²) < 4.78 is 26.2. The lowest BCUT2D eigenvalue weighted by Gasteiger charge is -1.90. The SMILES string of the molecule is [2H][13C]([2H])([2H])[13C@]([2H])(N)[13C](=O)O. The first-order chi connectivity index (χ1) is 4.19. The summed E-state index contributed by atoms with van der Waals surface area (Å²) in [5, 5.41) is 8.10. The molecule has 0 fully saturated rings. The van der Waals surface area contributed by atoms with Crippen LogP contribution in [0.5, 0.6) is 0 Å². The van der Waals surface area contributed by atoms with Crippen molar-refractivity contribution < 1.29 is 15.4 Å². The van der Waals surface area contributed by atoms with E-state index >= 15 is 0 Å². The fourth-order valence-corrected chi connectivity index (χ4v) is 0. The Balaban J connectivity index is 4.57. The van der Waals surface area contributed by atoms with E-state index in [1.807, 2.05) is 0 Å². The molecule has 0 radical (unpaired) electrons. The predicted octanol–water partition coefficient (Wildman–Crippen LogP) is -0.582. The molecule has 0 rings (SSSR count). The van der Waals surface area contributed by atoms with Gasteiger partial charge in [-0.25, -0.2) is 0 Å². The van der Waals surface area contributed by atoms with E-state index in [1.165, 1.54) is 0 Å². The topological polar surface area (TPSA) is 63.3 Å². The fraction of sp³-hybridized carbons (Fsp3) is 0.667. The Morgan fingerprint density at radius 3 is 3.00 bits per heavy atom. The van der Waals surface area contributed by atoms with Crippen LogP contribution in [0.15, 0.2) is 0 Å². The molecule has 6 heavy (non-hydrogen) atoms. The standard InChI is InChI=1S/C3H7NO2/c1-2(4)3(5)6/h2H,4H2,1H3,(H,5,6)/t2-/m0/s1/i1+1D3,2+1D,3+1. The lowest BCUT2D eigenvalue weighted by atomic mass is 11.3. The summed E-state index contributed by atoms with van der Waals surface area (Å²) in [5.74, 6) is -1.85. The Morgan fingerprint density at radius 2 is 3.00 bits per heavy atom. The maximum Gasteiger partial charge on any atom is 0.320 e. The highest BCUT2D eigenvalue weighted by molar-refractivity contribution is 5.72. The van der Waals surface area contributed by atoms with Crippen LogP contribution in [0.25, 0.3) is 0 Å². The second kappa shape index (κ2) is 1.77. The van der Waals surface area contributed by atoms with Crippen LogP contribution in [-0.2, 0) is 4.79 Å². The van der Waals surface area contributed by atoms with E-state index in [4.69, 9.17) is 10.6 Å². The van der Waals surface area contributed by atoms with Crippen LogP contribution in [0.3, 0.4) is 0 Å². The van der Waals surface area contributed by atoms with Gasteiger partial charge in [-0.3, -0.25) is 4.79 Å². The lowest BCUT2D eigenvalue weighted by molar-refractivity contribution is -0.138. The van der Waals surface area contributed by atoms with E-state index in [0.717, 1.165) is 0 Å². The molecule has 0 aliphatic carbocycles. The average molecular weight is 96.1 g/mol. The normalized spacial score (nSPS) is 30.8. The van der Waals surface area contributed by atoms with Crippen molar-refractivity contribution in [1.82, 2.24) is 0 Å². The number of hydrogen-bond donors (Lipinski definition) is 2. The Labute approximate surface area is 41.4 Å². The highest BCUT2D eigenvalue weighted by Gasteiger charge is 1.99. The van der Waals surface area contributed by atoms with Gasteiger partial charge in [0.15, 0.2) is 0 Å². The van der Waals surface area contributed by atoms with Gasteiger partial charge in [-0.05, 0) is 6.85 Å². The summed E-state index contributed by atoms with van der Waals surface area (Å²) in [6.45, 7) is -2.99. The molecule has 0 bridgehead atoms. The molecule has 0 aromatic carbocycles. The van der Waals surface area contributed by atoms with Crippen LogP contribution < -0.4 is 5.73 Å². The number of nitrogens with two attached hydrogens (primary N) is 1. The third-order valence-electron chi connectivity index (χ3n) is 0.230. The molecular weight excluding hydrogens is 85.0 g/mol. The highest BCUT2D eigenvalue weighted by Crippen LogP contribution is 1.68. The molecule has 0 unspecified atom stereocenters. The molecule has 0 aliphatic heterocycles. The van der Waals surface area contributed by atoms with Crippen LogP contribution in [0.1, 0.15) is 12.3 Å². The van der Waals surface area contributed by atoms with Crippen LogP contribution in [0.4, 0.5) is 0 Å². The van der Waals surface area contributed by atoms with Gasteiger partial charge in [0.2, 0.25) is 0 Å². The molecule has 0 amide bonds. The molecule has 0 aliphatic rings. The zero-order valence-electron chi connectivity index (χ0n) is 6.93. The van der Waals surface area contributed by atoms with Crippen molar-refractivity contribution in [2.24, 2.45) is 5.73 Å². The van der Waals surface area contributed by atoms with Gasteiger partial charge in [-0.15, -0.1) is 0 Å². The Morgan fingerprint density at radius 1 is 2.50 bits per heavy atom. The van der Waals surface area contributed by atoms with Crippen molar-refractivity contribution in [2.75, 3.05) is 0 Å². The second-order valence-electron chi connectivity index (χ2n) is 0.719. The van der Waals surface area contributed by atoms with E-state index in [2.05, 4.69) is 5.73 Å². The molecule has 1 atom stereocenters. The first kappa shape index (κ1) is 1.50. The molecule has 0 aromatic rings. The van der Waals surface area contributed by atoms with Gasteiger partial charge in [0, 0.05) is 4.11 Å². The largest absolute Gasteiger partial charge is 0.480 e. The third kappa shape index (κ3) is 1.72. The number of carboxylic acid groups (broad SMARTS) is 1. The molecule has 0 saturated heterocycles. The van der Waals surface area contributed by atoms with Crippen LogP contribution >= 0.6 is 0 Å². The van der Waals surface area contributed by atoms with Crippen molar-refractivity contribution in [2.45, 2.75) is 12.9 Å². The summed E-state index contributed by atoms with van der Waals surface area (Å²) in [6, 6.07) is -2.90. The molecule has 0 heterocycles. The highest BCUT2D eigenvalue weighted by atomic mass is 16.5. The van der Waals surface area contributed by atoms with Crippen LogP contribution in [0.2, 0.25) is 0 Å². The van der Waals surface area contributed by atoms with E-state index in [1.54, 1.807) is 0 Å². The molecule has 3 heteroatoms. The molecule has 3 N–H and O–H groups in total. The zero-order valence-corrected chi connectivity index (χ0v) is 2.93. The molecule has 3 nitrogen and oxygen atoms in total. The summed E-state index contributed by atoms with van der Waals surface area (Å²) >= 11 is 0. The van der Waals surface area contributed by atoms with Crippen molar-refractivity contribution in [3.8, 4) is 0 Å². The number of rotatable bonds is 1. The second-order valence-corrected chi connectivity index (χ2v) is 0.719. The van der Waals surface area contributed by atoms with Crippen molar-refractivity contribution in [1.29, 1.82) is 0 Å². The van der Waals surface area contributed by atoms with Crippen molar-refractivity contribution in [3.63, 3.8) is 0 Å². The van der Waals surface area contributed by atoms with Gasteiger partial charge in [0.05, 0.1) is 1.37 Å². The minimum Gasteiger partial charge on any atom is -0.480 e. The average Bonchev–Trinajstić information content (AvgIpc) is 1.62. The smallest absolute Gasteiger partial charge is 0.320 e. The summed E-state index contributed by atoms with van der Waals surface area (Å²) in [6.07, 6.45) is 0.